The summed E-state index contributed by atoms with van der Waals surface area (Å²) in [4.78, 5) is 0. The summed E-state index contributed by atoms with van der Waals surface area (Å²) in [5.41, 5.74) is 0. The molecule has 0 rings (SSSR count). The molecule has 0 aromatic carbocycles. The third-order valence-corrected chi connectivity index (χ3v) is 2.41. The van der Waals surface area contributed by atoms with Crippen LogP contribution in [0.15, 0.2) is 0 Å². The molecule has 0 aliphatic heterocycles. The summed E-state index contributed by atoms with van der Waals surface area (Å²) in [5, 5.41) is 0.0988. The van der Waals surface area contributed by atoms with Crippen molar-refractivity contribution in [3.05, 3.63) is 0 Å². The number of hydrogen-bond acceptors (Lipinski definition) is 0. The fourth-order valence-electron chi connectivity index (χ4n) is 0. The summed E-state index contributed by atoms with van der Waals surface area (Å²) in [6, 6.07) is 0. The molecule has 38 valence electrons. The summed E-state index contributed by atoms with van der Waals surface area (Å²) in [6.45, 7) is 0. The molecular weight excluding hydrogens is 238 g/mol. The molecule has 4 heteroatoms. The molecule has 0 aromatic rings. The highest BCUT2D eigenvalue weighted by atomic mass is 79.9. The molecule has 0 amide bonds. The normalized spacial score (nSPS) is 20.0. The molecule has 0 radical (unpaired) electrons. The van der Waals surface area contributed by atoms with Crippen LogP contribution in [0, 0.1) is 0 Å². The van der Waals surface area contributed by atoms with E-state index in [1.807, 2.05) is 0 Å². The quantitative estimate of drug-likeness (QED) is 0.618. The van der Waals surface area contributed by atoms with Gasteiger partial charge in [0.1, 0.15) is 0 Å². The van der Waals surface area contributed by atoms with E-state index in [9.17, 15) is 4.39 Å². The number of rotatable bonds is 1. The van der Waals surface area contributed by atoms with Crippen molar-refractivity contribution in [3.8, 4) is 0 Å². The van der Waals surface area contributed by atoms with Crippen LogP contribution in [0.5, 0.6) is 0 Å². The molecule has 1 atom stereocenters. The lowest BCUT2D eigenvalue weighted by atomic mass is 10.9. The van der Waals surface area contributed by atoms with Gasteiger partial charge < -0.3 is 0 Å². The first-order chi connectivity index (χ1) is 2.56. The average molecular weight is 240 g/mol. The van der Waals surface area contributed by atoms with Crippen molar-refractivity contribution in [2.24, 2.45) is 0 Å². The average Bonchev–Trinajstić information content (AvgIpc) is 1.35. The topological polar surface area (TPSA) is 0 Å². The van der Waals surface area contributed by atoms with Crippen molar-refractivity contribution in [2.45, 2.75) is 4.04 Å². The maximum atomic E-state index is 11.8. The Morgan fingerprint density at radius 2 is 2.00 bits per heavy atom. The molecule has 0 aliphatic carbocycles. The maximum Gasteiger partial charge on any atom is 0.247 e. The first-order valence-electron chi connectivity index (χ1n) is 1.19. The molecular formula is C2H2Br2ClF. The van der Waals surface area contributed by atoms with Crippen LogP contribution in [-0.4, -0.2) is 9.37 Å². The minimum Gasteiger partial charge on any atom is -0.213 e. The summed E-state index contributed by atoms with van der Waals surface area (Å²) in [5.74, 6) is 0. The second-order valence-electron chi connectivity index (χ2n) is 0.749. The van der Waals surface area contributed by atoms with E-state index in [2.05, 4.69) is 31.9 Å². The fraction of sp³-hybridized carbons (Fsp3) is 1.00. The molecule has 0 aliphatic rings. The molecule has 0 bridgehead atoms. The Morgan fingerprint density at radius 1 is 1.83 bits per heavy atom. The highest BCUT2D eigenvalue weighted by Crippen LogP contribution is 2.26. The van der Waals surface area contributed by atoms with Crippen LogP contribution in [-0.2, 0) is 0 Å². The van der Waals surface area contributed by atoms with E-state index in [0.29, 0.717) is 0 Å². The van der Waals surface area contributed by atoms with Crippen LogP contribution in [0.1, 0.15) is 0 Å². The number of alkyl halides is 4. The van der Waals surface area contributed by atoms with Gasteiger partial charge >= 0.3 is 0 Å². The zero-order valence-corrected chi connectivity index (χ0v) is 6.65. The Hall–Kier alpha value is 1.18. The van der Waals surface area contributed by atoms with Crippen LogP contribution in [0.2, 0.25) is 0 Å². The van der Waals surface area contributed by atoms with Gasteiger partial charge in [0.25, 0.3) is 0 Å². The zero-order valence-electron chi connectivity index (χ0n) is 2.72. The third kappa shape index (κ3) is 5.18. The summed E-state index contributed by atoms with van der Waals surface area (Å²) >= 11 is 10.3. The van der Waals surface area contributed by atoms with E-state index >= 15 is 0 Å². The minimum atomic E-state index is -1.76. The van der Waals surface area contributed by atoms with Gasteiger partial charge in [0, 0.05) is 0 Å². The van der Waals surface area contributed by atoms with Gasteiger partial charge in [0.2, 0.25) is 4.04 Å². The Bertz CT molecular complexity index is 41.3. The largest absolute Gasteiger partial charge is 0.247 e. The lowest BCUT2D eigenvalue weighted by Crippen LogP contribution is -2.02. The highest BCUT2D eigenvalue weighted by Gasteiger charge is 2.17. The monoisotopic (exact) mass is 238 g/mol. The molecule has 0 heterocycles. The fourth-order valence-corrected chi connectivity index (χ4v) is 0. The van der Waals surface area contributed by atoms with Gasteiger partial charge in [-0.25, -0.2) is 4.39 Å². The Balaban J connectivity index is 3.17. The first kappa shape index (κ1) is 7.18. The molecule has 0 saturated heterocycles. The van der Waals surface area contributed by atoms with Gasteiger partial charge in [-0.3, -0.25) is 0 Å². The second kappa shape index (κ2) is 2.48. The van der Waals surface area contributed by atoms with Gasteiger partial charge in [0.05, 0.1) is 5.33 Å². The van der Waals surface area contributed by atoms with Gasteiger partial charge in [-0.1, -0.05) is 27.5 Å². The zero-order chi connectivity index (χ0) is 5.21. The molecule has 6 heavy (non-hydrogen) atoms. The molecule has 1 unspecified atom stereocenters. The van der Waals surface area contributed by atoms with Crippen molar-refractivity contribution in [3.63, 3.8) is 0 Å². The third-order valence-electron chi connectivity index (χ3n) is 0.152. The smallest absolute Gasteiger partial charge is 0.213 e. The lowest BCUT2D eigenvalue weighted by molar-refractivity contribution is 0.451. The van der Waals surface area contributed by atoms with E-state index in [-0.39, 0.29) is 5.33 Å². The van der Waals surface area contributed by atoms with Crippen molar-refractivity contribution >= 4 is 43.5 Å². The van der Waals surface area contributed by atoms with Crippen LogP contribution in [0.4, 0.5) is 4.39 Å². The Labute approximate surface area is 57.3 Å². The van der Waals surface area contributed by atoms with Crippen LogP contribution in [0.25, 0.3) is 0 Å². The highest BCUT2D eigenvalue weighted by molar-refractivity contribution is 9.12. The molecule has 0 saturated carbocycles. The second-order valence-corrected chi connectivity index (χ2v) is 3.62. The Morgan fingerprint density at radius 3 is 2.00 bits per heavy atom. The van der Waals surface area contributed by atoms with E-state index < -0.39 is 4.04 Å². The summed E-state index contributed by atoms with van der Waals surface area (Å²) in [6.07, 6.45) is 0. The SMILES string of the molecule is FC(Cl)(Br)CBr. The first-order valence-corrected chi connectivity index (χ1v) is 3.48. The van der Waals surface area contributed by atoms with Crippen LogP contribution < -0.4 is 0 Å². The summed E-state index contributed by atoms with van der Waals surface area (Å²) in [7, 11) is 0. The maximum absolute atomic E-state index is 11.8. The lowest BCUT2D eigenvalue weighted by Gasteiger charge is -1.99. The minimum absolute atomic E-state index is 0.0988. The van der Waals surface area contributed by atoms with Gasteiger partial charge in [-0.15, -0.1) is 0 Å². The van der Waals surface area contributed by atoms with Crippen LogP contribution in [0.3, 0.4) is 0 Å². The van der Waals surface area contributed by atoms with E-state index in [4.69, 9.17) is 11.6 Å². The van der Waals surface area contributed by atoms with Gasteiger partial charge in [-0.2, -0.15) is 0 Å². The number of halogens is 4. The molecule has 0 spiro atoms. The van der Waals surface area contributed by atoms with E-state index in [1.54, 1.807) is 0 Å². The molecule has 0 fully saturated rings. The van der Waals surface area contributed by atoms with Crippen molar-refractivity contribution in [1.29, 1.82) is 0 Å². The summed E-state index contributed by atoms with van der Waals surface area (Å²) < 4.78 is 10.00. The van der Waals surface area contributed by atoms with Crippen molar-refractivity contribution in [1.82, 2.24) is 0 Å². The molecule has 0 nitrogen and oxygen atoms in total. The predicted molar refractivity (Wildman–Crippen MR) is 32.4 cm³/mol. The van der Waals surface area contributed by atoms with Crippen LogP contribution >= 0.6 is 43.5 Å². The van der Waals surface area contributed by atoms with Crippen molar-refractivity contribution < 1.29 is 4.39 Å². The molecule has 0 aromatic heterocycles. The predicted octanol–water partition coefficient (Wildman–Crippen LogP) is 2.64. The van der Waals surface area contributed by atoms with E-state index in [1.165, 1.54) is 0 Å². The Kier molecular flexibility index (Phi) is 2.97. The van der Waals surface area contributed by atoms with Crippen molar-refractivity contribution in [2.75, 3.05) is 5.33 Å². The van der Waals surface area contributed by atoms with E-state index in [0.717, 1.165) is 0 Å². The standard InChI is InChI=1S/C2H2Br2ClF/c3-1-2(4,5)6/h1H2. The number of hydrogen-bond donors (Lipinski definition) is 0. The van der Waals surface area contributed by atoms with Gasteiger partial charge in [0.15, 0.2) is 0 Å². The van der Waals surface area contributed by atoms with Gasteiger partial charge in [-0.05, 0) is 15.9 Å². The molecule has 0 N–H and O–H groups in total.